The normalized spacial score (nSPS) is 11.1. The van der Waals surface area contributed by atoms with E-state index in [-0.39, 0.29) is 5.82 Å². The Balaban J connectivity index is 1.72. The molecule has 132 valence electrons. The van der Waals surface area contributed by atoms with Gasteiger partial charge in [0.05, 0.1) is 5.69 Å². The van der Waals surface area contributed by atoms with Gasteiger partial charge in [0.25, 0.3) is 0 Å². The number of aromatic amines is 1. The highest BCUT2D eigenvalue weighted by molar-refractivity contribution is 5.86. The molecule has 0 bridgehead atoms. The third-order valence-electron chi connectivity index (χ3n) is 4.24. The van der Waals surface area contributed by atoms with E-state index in [1.807, 2.05) is 36.5 Å². The van der Waals surface area contributed by atoms with Gasteiger partial charge in [-0.05, 0) is 66.1 Å². The molecular weight excluding hydrogens is 339 g/mol. The molecule has 0 spiro atoms. The lowest BCUT2D eigenvalue weighted by Gasteiger charge is -2.05. The van der Waals surface area contributed by atoms with E-state index in [9.17, 15) is 4.39 Å². The topological polar surface area (TPSA) is 54.5 Å². The first-order valence-corrected chi connectivity index (χ1v) is 8.61. The number of H-pyrrole nitrogens is 1. The van der Waals surface area contributed by atoms with Crippen LogP contribution in [0, 0.1) is 5.82 Å². The van der Waals surface area contributed by atoms with Crippen molar-refractivity contribution in [2.45, 2.75) is 6.42 Å². The van der Waals surface area contributed by atoms with Gasteiger partial charge in [0, 0.05) is 35.9 Å². The minimum absolute atomic E-state index is 0.267. The number of nitrogens with one attached hydrogen (secondary N) is 1. The van der Waals surface area contributed by atoms with Crippen LogP contribution in [0.15, 0.2) is 79.4 Å². The number of halogens is 1. The molecule has 0 fully saturated rings. The van der Waals surface area contributed by atoms with Crippen LogP contribution in [0.25, 0.3) is 28.5 Å². The van der Waals surface area contributed by atoms with E-state index >= 15 is 0 Å². The Kier molecular flexibility index (Phi) is 4.83. The summed E-state index contributed by atoms with van der Waals surface area (Å²) in [4.78, 5) is 8.23. The molecule has 0 radical (unpaired) electrons. The standard InChI is InChI=1S/C22H17FN4/c23-19-8-6-18(7-9-19)22-21(17-10-13-24-14-11-17)20(26-27-22)5-1-3-16-4-2-12-25-15-16/h1-2,4-15H,3H2,(H,26,27). The number of hydrogen-bond acceptors (Lipinski definition) is 3. The van der Waals surface area contributed by atoms with Gasteiger partial charge in [-0.2, -0.15) is 5.10 Å². The van der Waals surface area contributed by atoms with Crippen LogP contribution >= 0.6 is 0 Å². The average molecular weight is 356 g/mol. The quantitative estimate of drug-likeness (QED) is 0.552. The first-order chi connectivity index (χ1) is 13.3. The molecule has 3 heterocycles. The molecule has 0 unspecified atom stereocenters. The van der Waals surface area contributed by atoms with Crippen LogP contribution < -0.4 is 0 Å². The van der Waals surface area contributed by atoms with Crippen LogP contribution in [-0.4, -0.2) is 20.2 Å². The Morgan fingerprint density at radius 2 is 1.70 bits per heavy atom. The van der Waals surface area contributed by atoms with Gasteiger partial charge in [-0.15, -0.1) is 0 Å². The van der Waals surface area contributed by atoms with Gasteiger partial charge in [-0.3, -0.25) is 15.1 Å². The van der Waals surface area contributed by atoms with Crippen molar-refractivity contribution in [1.29, 1.82) is 0 Å². The predicted octanol–water partition coefficient (Wildman–Crippen LogP) is 4.93. The van der Waals surface area contributed by atoms with Crippen molar-refractivity contribution >= 4 is 6.08 Å². The molecule has 0 aliphatic carbocycles. The van der Waals surface area contributed by atoms with Gasteiger partial charge in [0.15, 0.2) is 0 Å². The number of hydrogen-bond donors (Lipinski definition) is 1. The predicted molar refractivity (Wildman–Crippen MR) is 104 cm³/mol. The Labute approximate surface area is 156 Å². The van der Waals surface area contributed by atoms with Crippen LogP contribution in [0.3, 0.4) is 0 Å². The van der Waals surface area contributed by atoms with E-state index in [2.05, 4.69) is 26.2 Å². The molecule has 3 aromatic heterocycles. The number of nitrogens with zero attached hydrogens (tertiary/aromatic N) is 3. The highest BCUT2D eigenvalue weighted by atomic mass is 19.1. The second kappa shape index (κ2) is 7.74. The second-order valence-electron chi connectivity index (χ2n) is 6.07. The zero-order chi connectivity index (χ0) is 18.5. The lowest BCUT2D eigenvalue weighted by atomic mass is 9.99. The molecule has 0 saturated carbocycles. The van der Waals surface area contributed by atoms with E-state index in [1.165, 1.54) is 12.1 Å². The SMILES string of the molecule is Fc1ccc(-c2n[nH]c(C=CCc3cccnc3)c2-c2ccncc2)cc1. The number of allylic oxidation sites excluding steroid dienone is 1. The first kappa shape index (κ1) is 16.8. The minimum atomic E-state index is -0.267. The summed E-state index contributed by atoms with van der Waals surface area (Å²) < 4.78 is 13.3. The van der Waals surface area contributed by atoms with E-state index in [0.29, 0.717) is 0 Å². The largest absolute Gasteiger partial charge is 0.277 e. The van der Waals surface area contributed by atoms with Gasteiger partial charge in [0.2, 0.25) is 0 Å². The fourth-order valence-electron chi connectivity index (χ4n) is 2.94. The molecule has 0 amide bonds. The number of pyridine rings is 2. The summed E-state index contributed by atoms with van der Waals surface area (Å²) in [5.74, 6) is -0.267. The van der Waals surface area contributed by atoms with Crippen LogP contribution in [0.4, 0.5) is 4.39 Å². The molecule has 1 N–H and O–H groups in total. The zero-order valence-electron chi connectivity index (χ0n) is 14.5. The Bertz CT molecular complexity index is 1040. The van der Waals surface area contributed by atoms with Crippen molar-refractivity contribution in [2.24, 2.45) is 0 Å². The highest BCUT2D eigenvalue weighted by Crippen LogP contribution is 2.33. The van der Waals surface area contributed by atoms with Crippen LogP contribution in [0.2, 0.25) is 0 Å². The maximum Gasteiger partial charge on any atom is 0.123 e. The molecule has 1 aromatic carbocycles. The maximum absolute atomic E-state index is 13.3. The summed E-state index contributed by atoms with van der Waals surface area (Å²) in [6, 6.07) is 14.2. The van der Waals surface area contributed by atoms with Gasteiger partial charge in [-0.25, -0.2) is 4.39 Å². The van der Waals surface area contributed by atoms with Gasteiger partial charge >= 0.3 is 0 Å². The van der Waals surface area contributed by atoms with E-state index in [1.54, 1.807) is 30.7 Å². The van der Waals surface area contributed by atoms with Crippen molar-refractivity contribution in [3.05, 3.63) is 96.5 Å². The van der Waals surface area contributed by atoms with Gasteiger partial charge in [-0.1, -0.05) is 12.1 Å². The monoisotopic (exact) mass is 356 g/mol. The average Bonchev–Trinajstić information content (AvgIpc) is 3.14. The Morgan fingerprint density at radius 3 is 2.44 bits per heavy atom. The molecule has 0 aliphatic rings. The van der Waals surface area contributed by atoms with Crippen LogP contribution in [0.5, 0.6) is 0 Å². The lowest BCUT2D eigenvalue weighted by molar-refractivity contribution is 0.628. The first-order valence-electron chi connectivity index (χ1n) is 8.61. The third kappa shape index (κ3) is 3.82. The third-order valence-corrected chi connectivity index (χ3v) is 4.24. The van der Waals surface area contributed by atoms with Crippen LogP contribution in [0.1, 0.15) is 11.3 Å². The number of rotatable bonds is 5. The maximum atomic E-state index is 13.3. The highest BCUT2D eigenvalue weighted by Gasteiger charge is 2.15. The summed E-state index contributed by atoms with van der Waals surface area (Å²) in [6.07, 6.45) is 12.0. The second-order valence-corrected chi connectivity index (χ2v) is 6.07. The van der Waals surface area contributed by atoms with Crippen molar-refractivity contribution in [3.8, 4) is 22.4 Å². The fraction of sp³-hybridized carbons (Fsp3) is 0.0455. The van der Waals surface area contributed by atoms with Gasteiger partial charge in [0.1, 0.15) is 11.5 Å². The summed E-state index contributed by atoms with van der Waals surface area (Å²) in [6.45, 7) is 0. The van der Waals surface area contributed by atoms with E-state index in [0.717, 1.165) is 40.1 Å². The molecule has 4 rings (SSSR count). The minimum Gasteiger partial charge on any atom is -0.277 e. The van der Waals surface area contributed by atoms with Crippen molar-refractivity contribution in [1.82, 2.24) is 20.2 Å². The molecule has 0 atom stereocenters. The molecule has 4 nitrogen and oxygen atoms in total. The molecular formula is C22H17FN4. The summed E-state index contributed by atoms with van der Waals surface area (Å²) in [7, 11) is 0. The van der Waals surface area contributed by atoms with Crippen LogP contribution in [-0.2, 0) is 6.42 Å². The summed E-state index contributed by atoms with van der Waals surface area (Å²) >= 11 is 0. The van der Waals surface area contributed by atoms with Gasteiger partial charge < -0.3 is 0 Å². The van der Waals surface area contributed by atoms with E-state index < -0.39 is 0 Å². The molecule has 0 saturated heterocycles. The number of aromatic nitrogens is 4. The van der Waals surface area contributed by atoms with E-state index in [4.69, 9.17) is 0 Å². The smallest absolute Gasteiger partial charge is 0.123 e. The Morgan fingerprint density at radius 1 is 0.889 bits per heavy atom. The van der Waals surface area contributed by atoms with Crippen molar-refractivity contribution in [2.75, 3.05) is 0 Å². The Hall–Kier alpha value is -3.60. The zero-order valence-corrected chi connectivity index (χ0v) is 14.5. The molecule has 0 aliphatic heterocycles. The fourth-order valence-corrected chi connectivity index (χ4v) is 2.94. The summed E-state index contributed by atoms with van der Waals surface area (Å²) in [5.41, 5.74) is 5.63. The van der Waals surface area contributed by atoms with Crippen molar-refractivity contribution in [3.63, 3.8) is 0 Å². The van der Waals surface area contributed by atoms with Crippen molar-refractivity contribution < 1.29 is 4.39 Å². The molecule has 27 heavy (non-hydrogen) atoms. The molecule has 4 aromatic rings. The molecule has 5 heteroatoms. The summed E-state index contributed by atoms with van der Waals surface area (Å²) in [5, 5.41) is 7.59. The number of benzene rings is 1. The lowest BCUT2D eigenvalue weighted by Crippen LogP contribution is -1.86.